The summed E-state index contributed by atoms with van der Waals surface area (Å²) in [5.41, 5.74) is -0.584. The van der Waals surface area contributed by atoms with Crippen LogP contribution >= 0.6 is 0 Å². The lowest BCUT2D eigenvalue weighted by atomic mass is 9.98. The molecule has 3 aromatic carbocycles. The number of carbonyl (C=O) groups excluding carboxylic acids is 3. The molecule has 0 saturated carbocycles. The Morgan fingerprint density at radius 1 is 0.919 bits per heavy atom. The molecule has 1 aliphatic rings. The standard InChI is InChI=1S/C26H21F4NO6/c1-3-35-19-12-15-6-5-7-18(37-13-26(28,29)30)21(15)23-22(19)24(33)31(25(23)34)17-9-8-14(10-16(17)27)11-20(32)36-4-2/h5-10,12H,3-4,11,13H2,1-2H3. The third kappa shape index (κ3) is 5.07. The Morgan fingerprint density at radius 2 is 1.65 bits per heavy atom. The number of anilines is 1. The number of rotatable bonds is 8. The minimum atomic E-state index is -4.64. The number of carbonyl (C=O) groups is 3. The second kappa shape index (κ2) is 10.1. The number of nitrogens with zero attached hydrogens (tertiary/aromatic N) is 1. The van der Waals surface area contributed by atoms with Crippen molar-refractivity contribution in [2.75, 3.05) is 24.7 Å². The van der Waals surface area contributed by atoms with E-state index in [2.05, 4.69) is 0 Å². The first-order chi connectivity index (χ1) is 17.6. The van der Waals surface area contributed by atoms with Gasteiger partial charge in [-0.15, -0.1) is 0 Å². The van der Waals surface area contributed by atoms with E-state index in [0.29, 0.717) is 10.3 Å². The molecule has 37 heavy (non-hydrogen) atoms. The van der Waals surface area contributed by atoms with Crippen molar-refractivity contribution in [1.29, 1.82) is 0 Å². The molecule has 11 heteroatoms. The number of benzene rings is 3. The van der Waals surface area contributed by atoms with E-state index < -0.39 is 36.4 Å². The summed E-state index contributed by atoms with van der Waals surface area (Å²) in [6.45, 7) is 1.94. The van der Waals surface area contributed by atoms with Gasteiger partial charge in [-0.25, -0.2) is 9.29 Å². The second-order valence-electron chi connectivity index (χ2n) is 8.03. The fraction of sp³-hybridized carbons (Fsp3) is 0.269. The Balaban J connectivity index is 1.82. The van der Waals surface area contributed by atoms with Gasteiger partial charge in [0, 0.05) is 5.39 Å². The SMILES string of the molecule is CCOC(=O)Cc1ccc(N2C(=O)c3c(OCC)cc4cccc(OCC(F)(F)F)c4c3C2=O)c(F)c1. The number of alkyl halides is 3. The largest absolute Gasteiger partial charge is 0.493 e. The minimum absolute atomic E-state index is 0.0228. The van der Waals surface area contributed by atoms with Crippen molar-refractivity contribution in [3.8, 4) is 11.5 Å². The molecule has 4 rings (SSSR count). The van der Waals surface area contributed by atoms with E-state index in [9.17, 15) is 27.6 Å². The molecule has 0 saturated heterocycles. The Bertz CT molecular complexity index is 1400. The van der Waals surface area contributed by atoms with Crippen LogP contribution in [0, 0.1) is 5.82 Å². The molecule has 2 amide bonds. The van der Waals surface area contributed by atoms with Crippen molar-refractivity contribution in [1.82, 2.24) is 0 Å². The molecule has 0 radical (unpaired) electrons. The average Bonchev–Trinajstić information content (AvgIpc) is 3.08. The van der Waals surface area contributed by atoms with Crippen LogP contribution in [0.25, 0.3) is 10.8 Å². The second-order valence-corrected chi connectivity index (χ2v) is 8.03. The number of ether oxygens (including phenoxy) is 3. The highest BCUT2D eigenvalue weighted by molar-refractivity contribution is 6.39. The molecular weight excluding hydrogens is 498 g/mol. The van der Waals surface area contributed by atoms with Crippen LogP contribution in [0.2, 0.25) is 0 Å². The normalized spacial score (nSPS) is 13.2. The summed E-state index contributed by atoms with van der Waals surface area (Å²) >= 11 is 0. The van der Waals surface area contributed by atoms with Crippen molar-refractivity contribution in [2.24, 2.45) is 0 Å². The van der Waals surface area contributed by atoms with Gasteiger partial charge in [-0.3, -0.25) is 14.4 Å². The molecule has 0 aromatic heterocycles. The maximum Gasteiger partial charge on any atom is 0.422 e. The van der Waals surface area contributed by atoms with Crippen molar-refractivity contribution in [3.63, 3.8) is 0 Å². The monoisotopic (exact) mass is 519 g/mol. The van der Waals surface area contributed by atoms with E-state index in [1.807, 2.05) is 0 Å². The lowest BCUT2D eigenvalue weighted by Crippen LogP contribution is -2.30. The van der Waals surface area contributed by atoms with Gasteiger partial charge in [0.2, 0.25) is 0 Å². The Kier molecular flexibility index (Phi) is 7.06. The third-order valence-electron chi connectivity index (χ3n) is 5.52. The molecule has 1 heterocycles. The first kappa shape index (κ1) is 25.9. The Hall–Kier alpha value is -4.15. The number of hydrogen-bond donors (Lipinski definition) is 0. The van der Waals surface area contributed by atoms with Gasteiger partial charge in [0.25, 0.3) is 11.8 Å². The van der Waals surface area contributed by atoms with Gasteiger partial charge in [0.1, 0.15) is 17.3 Å². The summed E-state index contributed by atoms with van der Waals surface area (Å²) in [5, 5.41) is 0.278. The van der Waals surface area contributed by atoms with E-state index in [0.717, 1.165) is 6.07 Å². The lowest BCUT2D eigenvalue weighted by molar-refractivity contribution is -0.153. The highest BCUT2D eigenvalue weighted by Crippen LogP contribution is 2.43. The maximum atomic E-state index is 15.1. The minimum Gasteiger partial charge on any atom is -0.493 e. The van der Waals surface area contributed by atoms with Crippen molar-refractivity contribution < 1.29 is 46.2 Å². The Morgan fingerprint density at radius 3 is 2.30 bits per heavy atom. The summed E-state index contributed by atoms with van der Waals surface area (Å²) in [7, 11) is 0. The van der Waals surface area contributed by atoms with Crippen LogP contribution < -0.4 is 14.4 Å². The predicted molar refractivity (Wildman–Crippen MR) is 125 cm³/mol. The Labute approximate surface area is 208 Å². The van der Waals surface area contributed by atoms with Crippen molar-refractivity contribution in [3.05, 3.63) is 65.0 Å². The number of halogens is 4. The van der Waals surface area contributed by atoms with Crippen LogP contribution in [0.3, 0.4) is 0 Å². The topological polar surface area (TPSA) is 82.1 Å². The van der Waals surface area contributed by atoms with Crippen LogP contribution in [-0.4, -0.2) is 43.8 Å². The van der Waals surface area contributed by atoms with E-state index in [1.54, 1.807) is 13.8 Å². The van der Waals surface area contributed by atoms with E-state index in [4.69, 9.17) is 14.2 Å². The van der Waals surface area contributed by atoms with Crippen LogP contribution in [0.1, 0.15) is 40.1 Å². The molecule has 0 aliphatic carbocycles. The van der Waals surface area contributed by atoms with Gasteiger partial charge < -0.3 is 14.2 Å². The van der Waals surface area contributed by atoms with Gasteiger partial charge >= 0.3 is 12.1 Å². The summed E-state index contributed by atoms with van der Waals surface area (Å²) in [6.07, 6.45) is -4.86. The number of hydrogen-bond acceptors (Lipinski definition) is 6. The van der Waals surface area contributed by atoms with Gasteiger partial charge in [-0.05, 0) is 49.1 Å². The van der Waals surface area contributed by atoms with Crippen LogP contribution in [0.4, 0.5) is 23.2 Å². The molecule has 0 unspecified atom stereocenters. The smallest absolute Gasteiger partial charge is 0.422 e. The highest BCUT2D eigenvalue weighted by atomic mass is 19.4. The summed E-state index contributed by atoms with van der Waals surface area (Å²) in [6, 6.07) is 9.20. The molecule has 0 spiro atoms. The fourth-order valence-corrected chi connectivity index (χ4v) is 4.13. The van der Waals surface area contributed by atoms with Crippen molar-refractivity contribution in [2.45, 2.75) is 26.4 Å². The first-order valence-electron chi connectivity index (χ1n) is 11.3. The number of fused-ring (bicyclic) bond motifs is 3. The van der Waals surface area contributed by atoms with Crippen LogP contribution in [0.15, 0.2) is 42.5 Å². The van der Waals surface area contributed by atoms with E-state index in [-0.39, 0.29) is 58.9 Å². The predicted octanol–water partition coefficient (Wildman–Crippen LogP) is 5.22. The molecular formula is C26H21F4NO6. The zero-order valence-corrected chi connectivity index (χ0v) is 19.8. The first-order valence-corrected chi connectivity index (χ1v) is 11.3. The fourth-order valence-electron chi connectivity index (χ4n) is 4.13. The number of amides is 2. The van der Waals surface area contributed by atoms with Gasteiger partial charge in [0.05, 0.1) is 36.4 Å². The number of imide groups is 1. The molecule has 3 aromatic rings. The zero-order chi connectivity index (χ0) is 26.9. The van der Waals surface area contributed by atoms with Crippen LogP contribution in [0.5, 0.6) is 11.5 Å². The van der Waals surface area contributed by atoms with Gasteiger partial charge in [-0.1, -0.05) is 18.2 Å². The molecule has 0 N–H and O–H groups in total. The average molecular weight is 519 g/mol. The highest BCUT2D eigenvalue weighted by Gasteiger charge is 2.43. The van der Waals surface area contributed by atoms with E-state index >= 15 is 4.39 Å². The molecule has 0 fully saturated rings. The van der Waals surface area contributed by atoms with Gasteiger partial charge in [-0.2, -0.15) is 13.2 Å². The third-order valence-corrected chi connectivity index (χ3v) is 5.52. The maximum absolute atomic E-state index is 15.1. The zero-order valence-electron chi connectivity index (χ0n) is 19.8. The summed E-state index contributed by atoms with van der Waals surface area (Å²) in [4.78, 5) is 39.3. The summed E-state index contributed by atoms with van der Waals surface area (Å²) in [5.74, 6) is -3.62. The van der Waals surface area contributed by atoms with Gasteiger partial charge in [0.15, 0.2) is 6.61 Å². The quantitative estimate of drug-likeness (QED) is 0.231. The number of esters is 1. The lowest BCUT2D eigenvalue weighted by Gasteiger charge is -2.16. The van der Waals surface area contributed by atoms with Crippen LogP contribution in [-0.2, 0) is 16.0 Å². The van der Waals surface area contributed by atoms with E-state index in [1.165, 1.54) is 36.4 Å². The molecule has 0 atom stereocenters. The summed E-state index contributed by atoms with van der Waals surface area (Å²) < 4.78 is 69.1. The van der Waals surface area contributed by atoms with Crippen molar-refractivity contribution >= 4 is 34.2 Å². The molecule has 0 bridgehead atoms. The molecule has 1 aliphatic heterocycles. The molecule has 194 valence electrons. The molecule has 7 nitrogen and oxygen atoms in total.